The normalized spacial score (nSPS) is 20.9. The molecule has 0 spiro atoms. The van der Waals surface area contributed by atoms with Gasteiger partial charge < -0.3 is 39.4 Å². The molecule has 0 amide bonds. The lowest BCUT2D eigenvalue weighted by molar-refractivity contribution is -0.305. The Hall–Kier alpha value is -2.08. The van der Waals surface area contributed by atoms with Crippen LogP contribution in [0.3, 0.4) is 0 Å². The molecule has 320 valence electrons. The zero-order valence-corrected chi connectivity index (χ0v) is 34.7. The molecule has 1 fully saturated rings. The van der Waals surface area contributed by atoms with Gasteiger partial charge in [-0.15, -0.1) is 0 Å². The van der Waals surface area contributed by atoms with Gasteiger partial charge in [-0.1, -0.05) is 173 Å². The summed E-state index contributed by atoms with van der Waals surface area (Å²) < 4.78 is 21.9. The molecule has 1 rings (SSSR count). The summed E-state index contributed by atoms with van der Waals surface area (Å²) in [4.78, 5) is 25.1. The molecular weight excluding hydrogens is 700 g/mol. The molecule has 1 aliphatic heterocycles. The van der Waals surface area contributed by atoms with E-state index in [4.69, 9.17) is 18.9 Å². The molecule has 1 aliphatic rings. The Morgan fingerprint density at radius 3 is 1.62 bits per heavy atom. The van der Waals surface area contributed by atoms with Crippen molar-refractivity contribution in [1.82, 2.24) is 0 Å². The molecule has 6 atom stereocenters. The highest BCUT2D eigenvalue weighted by molar-refractivity contribution is 5.82. The van der Waals surface area contributed by atoms with Crippen LogP contribution in [0.5, 0.6) is 0 Å². The van der Waals surface area contributed by atoms with Crippen molar-refractivity contribution in [2.45, 2.75) is 218 Å². The lowest BCUT2D eigenvalue weighted by Crippen LogP contribution is -2.59. The molecule has 0 radical (unpaired) electrons. The second-order valence-corrected chi connectivity index (χ2v) is 15.2. The van der Waals surface area contributed by atoms with E-state index in [1.807, 2.05) is 18.2 Å². The number of aliphatic hydroxyl groups is 4. The number of carbonyl (C=O) groups excluding carboxylic acids is 2. The Morgan fingerprint density at radius 1 is 0.600 bits per heavy atom. The molecule has 10 heteroatoms. The summed E-state index contributed by atoms with van der Waals surface area (Å²) in [7, 11) is 0. The number of unbranched alkanes of at least 4 members (excludes halogenated alkanes) is 22. The summed E-state index contributed by atoms with van der Waals surface area (Å²) in [5, 5.41) is 40.0. The van der Waals surface area contributed by atoms with Gasteiger partial charge in [0, 0.05) is 12.5 Å². The predicted molar refractivity (Wildman–Crippen MR) is 219 cm³/mol. The number of hydrogen-bond acceptors (Lipinski definition) is 10. The minimum Gasteiger partial charge on any atom is -0.462 e. The standard InChI is InChI=1S/C45H80O10/c1-3-5-7-9-11-13-15-17-19-21-23-25-27-29-31-33-40(47)52-36-38(37-53-45-44(51)43(50)42(49)39(35-46)55-45)54-41(48)34-32-30-28-26-24-22-20-18-16-14-12-10-8-6-4-2/h27-30,32,34,38-39,42-46,49-51H,3-26,31,33,35-37H2,1-2H3/b29-27+,30-28+,34-32+/t38-,39-,42+,43?,44?,45-/m0/s1. The third kappa shape index (κ3) is 28.0. The zero-order valence-electron chi connectivity index (χ0n) is 34.7. The largest absolute Gasteiger partial charge is 0.462 e. The maximum Gasteiger partial charge on any atom is 0.331 e. The molecule has 0 aromatic rings. The molecule has 4 N–H and O–H groups in total. The van der Waals surface area contributed by atoms with Crippen molar-refractivity contribution in [3.05, 3.63) is 36.5 Å². The van der Waals surface area contributed by atoms with Gasteiger partial charge in [-0.2, -0.15) is 0 Å². The molecule has 10 nitrogen and oxygen atoms in total. The van der Waals surface area contributed by atoms with Crippen LogP contribution in [0, 0.1) is 0 Å². The summed E-state index contributed by atoms with van der Waals surface area (Å²) >= 11 is 0. The van der Waals surface area contributed by atoms with Crippen molar-refractivity contribution in [2.75, 3.05) is 19.8 Å². The van der Waals surface area contributed by atoms with Gasteiger partial charge in [-0.25, -0.2) is 4.79 Å². The molecule has 0 aliphatic carbocycles. The third-order valence-electron chi connectivity index (χ3n) is 10.1. The number of hydrogen-bond donors (Lipinski definition) is 4. The number of esters is 2. The van der Waals surface area contributed by atoms with E-state index in [2.05, 4.69) is 19.9 Å². The first-order valence-electron chi connectivity index (χ1n) is 22.1. The Kier molecular flexibility index (Phi) is 33.6. The van der Waals surface area contributed by atoms with Crippen molar-refractivity contribution in [3.63, 3.8) is 0 Å². The van der Waals surface area contributed by atoms with E-state index in [-0.39, 0.29) is 19.6 Å². The van der Waals surface area contributed by atoms with Crippen LogP contribution in [0.4, 0.5) is 0 Å². The van der Waals surface area contributed by atoms with Gasteiger partial charge >= 0.3 is 11.9 Å². The Labute approximate surface area is 334 Å². The number of allylic oxidation sites excluding steroid dienone is 5. The summed E-state index contributed by atoms with van der Waals surface area (Å²) in [5.74, 6) is -1.11. The molecule has 2 unspecified atom stereocenters. The minimum absolute atomic E-state index is 0.173. The Balaban J connectivity index is 2.41. The lowest BCUT2D eigenvalue weighted by Gasteiger charge is -2.39. The molecule has 55 heavy (non-hydrogen) atoms. The number of rotatable bonds is 36. The highest BCUT2D eigenvalue weighted by Gasteiger charge is 2.44. The van der Waals surface area contributed by atoms with Gasteiger partial charge in [0.05, 0.1) is 13.2 Å². The maximum absolute atomic E-state index is 12.6. The van der Waals surface area contributed by atoms with Crippen LogP contribution in [-0.2, 0) is 28.5 Å². The van der Waals surface area contributed by atoms with Crippen LogP contribution < -0.4 is 0 Å². The topological polar surface area (TPSA) is 152 Å². The minimum atomic E-state index is -1.61. The van der Waals surface area contributed by atoms with E-state index in [0.717, 1.165) is 25.7 Å². The van der Waals surface area contributed by atoms with E-state index >= 15 is 0 Å². The second kappa shape index (κ2) is 36.3. The average Bonchev–Trinajstić information content (AvgIpc) is 3.18. The quantitative estimate of drug-likeness (QED) is 0.0159. The van der Waals surface area contributed by atoms with Gasteiger partial charge in [-0.05, 0) is 32.1 Å². The molecular formula is C45H80O10. The smallest absolute Gasteiger partial charge is 0.331 e. The van der Waals surface area contributed by atoms with Crippen LogP contribution in [0.1, 0.15) is 181 Å². The predicted octanol–water partition coefficient (Wildman–Crippen LogP) is 9.11. The highest BCUT2D eigenvalue weighted by Crippen LogP contribution is 2.22. The van der Waals surface area contributed by atoms with Gasteiger partial charge in [0.15, 0.2) is 12.4 Å². The number of aliphatic hydroxyl groups excluding tert-OH is 4. The second-order valence-electron chi connectivity index (χ2n) is 15.2. The number of carbonyl (C=O) groups is 2. The monoisotopic (exact) mass is 781 g/mol. The van der Waals surface area contributed by atoms with Crippen LogP contribution >= 0.6 is 0 Å². The van der Waals surface area contributed by atoms with Crippen molar-refractivity contribution in [1.29, 1.82) is 0 Å². The number of ether oxygens (including phenoxy) is 4. The fourth-order valence-electron chi connectivity index (χ4n) is 6.58. The summed E-state index contributed by atoms with van der Waals surface area (Å²) in [6.45, 7) is 3.28. The van der Waals surface area contributed by atoms with Gasteiger partial charge in [0.2, 0.25) is 0 Å². The van der Waals surface area contributed by atoms with Gasteiger partial charge in [-0.3, -0.25) is 4.79 Å². The fourth-order valence-corrected chi connectivity index (χ4v) is 6.58. The lowest BCUT2D eigenvalue weighted by atomic mass is 9.99. The first-order valence-corrected chi connectivity index (χ1v) is 22.1. The van der Waals surface area contributed by atoms with Crippen LogP contribution in [-0.4, -0.2) is 89.0 Å². The Morgan fingerprint density at radius 2 is 1.09 bits per heavy atom. The molecule has 0 aromatic heterocycles. The maximum atomic E-state index is 12.6. The zero-order chi connectivity index (χ0) is 40.2. The Bertz CT molecular complexity index is 996. The summed E-state index contributed by atoms with van der Waals surface area (Å²) in [6, 6.07) is 0. The van der Waals surface area contributed by atoms with Crippen LogP contribution in [0.2, 0.25) is 0 Å². The summed E-state index contributed by atoms with van der Waals surface area (Å²) in [5.41, 5.74) is 0. The highest BCUT2D eigenvalue weighted by atomic mass is 16.7. The third-order valence-corrected chi connectivity index (χ3v) is 10.1. The van der Waals surface area contributed by atoms with Gasteiger partial charge in [0.1, 0.15) is 31.0 Å². The van der Waals surface area contributed by atoms with E-state index < -0.39 is 55.4 Å². The molecule has 1 heterocycles. The van der Waals surface area contributed by atoms with E-state index in [1.54, 1.807) is 6.08 Å². The average molecular weight is 781 g/mol. The first-order chi connectivity index (χ1) is 26.8. The van der Waals surface area contributed by atoms with E-state index in [1.165, 1.54) is 134 Å². The molecule has 0 bridgehead atoms. The van der Waals surface area contributed by atoms with Crippen molar-refractivity contribution < 1.29 is 49.0 Å². The fraction of sp³-hybridized carbons (Fsp3) is 0.822. The first kappa shape index (κ1) is 50.9. The van der Waals surface area contributed by atoms with Gasteiger partial charge in [0.25, 0.3) is 0 Å². The molecule has 0 saturated carbocycles. The molecule has 1 saturated heterocycles. The molecule has 0 aromatic carbocycles. The van der Waals surface area contributed by atoms with Crippen molar-refractivity contribution in [2.24, 2.45) is 0 Å². The van der Waals surface area contributed by atoms with E-state index in [0.29, 0.717) is 6.42 Å². The summed E-state index contributed by atoms with van der Waals surface area (Å²) in [6.07, 6.45) is 33.7. The van der Waals surface area contributed by atoms with Crippen LogP contribution in [0.15, 0.2) is 36.5 Å². The van der Waals surface area contributed by atoms with Crippen molar-refractivity contribution in [3.8, 4) is 0 Å². The van der Waals surface area contributed by atoms with Crippen LogP contribution in [0.25, 0.3) is 0 Å². The SMILES string of the molecule is CCCCCCCCCCCCC/C=C/C=C/C(=O)O[C@@H](COC(=O)CC/C=C/CCCCCCCCCCCCC)CO[C@H]1O[C@@H](CO)[C@@H](O)C(O)C1O. The van der Waals surface area contributed by atoms with Crippen molar-refractivity contribution >= 4 is 11.9 Å². The van der Waals surface area contributed by atoms with E-state index in [9.17, 15) is 30.0 Å².